The van der Waals surface area contributed by atoms with Crippen molar-refractivity contribution in [2.24, 2.45) is 0 Å². The fraction of sp³-hybridized carbons (Fsp3) is 1.00. The van der Waals surface area contributed by atoms with Gasteiger partial charge in [-0.1, -0.05) is 12.8 Å². The van der Waals surface area contributed by atoms with Gasteiger partial charge in [0.25, 0.3) is 0 Å². The van der Waals surface area contributed by atoms with Crippen LogP contribution in [0.4, 0.5) is 0 Å². The molecule has 1 fully saturated rings. The molecule has 5 heteroatoms. The average Bonchev–Trinajstić information content (AvgIpc) is 2.70. The zero-order chi connectivity index (χ0) is 13.4. The third-order valence-corrected chi connectivity index (χ3v) is 3.36. The third kappa shape index (κ3) is 6.11. The van der Waals surface area contributed by atoms with E-state index in [9.17, 15) is 10.2 Å². The molecule has 0 aromatic carbocycles. The van der Waals surface area contributed by atoms with E-state index in [1.165, 1.54) is 0 Å². The van der Waals surface area contributed by atoms with Crippen LogP contribution in [0.3, 0.4) is 0 Å². The molecule has 0 amide bonds. The monoisotopic (exact) mass is 261 g/mol. The van der Waals surface area contributed by atoms with Gasteiger partial charge in [-0.15, -0.1) is 0 Å². The Balaban J connectivity index is 2.12. The number of nitrogens with zero attached hydrogens (tertiary/aromatic N) is 1. The largest absolute Gasteiger partial charge is 0.389 e. The molecule has 0 saturated heterocycles. The topological polar surface area (TPSA) is 62.2 Å². The van der Waals surface area contributed by atoms with E-state index in [0.29, 0.717) is 32.9 Å². The van der Waals surface area contributed by atoms with Crippen molar-refractivity contribution < 1.29 is 19.7 Å². The summed E-state index contributed by atoms with van der Waals surface area (Å²) in [6, 6.07) is 0. The van der Waals surface area contributed by atoms with Gasteiger partial charge in [-0.25, -0.2) is 0 Å². The molecular weight excluding hydrogens is 234 g/mol. The quantitative estimate of drug-likeness (QED) is 0.583. The maximum absolute atomic E-state index is 10.2. The average molecular weight is 261 g/mol. The summed E-state index contributed by atoms with van der Waals surface area (Å²) in [4.78, 5) is 1.98. The molecule has 1 unspecified atom stereocenters. The molecule has 1 saturated carbocycles. The van der Waals surface area contributed by atoms with Crippen molar-refractivity contribution in [2.45, 2.75) is 37.4 Å². The van der Waals surface area contributed by atoms with Gasteiger partial charge in [0.2, 0.25) is 0 Å². The van der Waals surface area contributed by atoms with Gasteiger partial charge in [0.05, 0.1) is 31.5 Å². The zero-order valence-electron chi connectivity index (χ0n) is 11.6. The first-order valence-electron chi connectivity index (χ1n) is 6.71. The Kier molecular flexibility index (Phi) is 7.11. The molecule has 1 aliphatic rings. The van der Waals surface area contributed by atoms with E-state index in [4.69, 9.17) is 9.47 Å². The number of methoxy groups -OCH3 is 1. The van der Waals surface area contributed by atoms with Gasteiger partial charge < -0.3 is 24.6 Å². The van der Waals surface area contributed by atoms with Crippen LogP contribution in [0.15, 0.2) is 0 Å². The minimum Gasteiger partial charge on any atom is -0.389 e. The Labute approximate surface area is 110 Å². The number of rotatable bonds is 9. The molecule has 0 aromatic rings. The van der Waals surface area contributed by atoms with Gasteiger partial charge in [0.1, 0.15) is 0 Å². The van der Waals surface area contributed by atoms with Crippen molar-refractivity contribution in [3.63, 3.8) is 0 Å². The maximum atomic E-state index is 10.2. The first-order chi connectivity index (χ1) is 8.56. The highest BCUT2D eigenvalue weighted by atomic mass is 16.5. The molecule has 1 atom stereocenters. The molecule has 0 radical (unpaired) electrons. The molecule has 0 bridgehead atoms. The standard InChI is InChI=1S/C13H27NO4/c1-14(11-13(16)5-3-4-6-13)9-12(15)10-18-8-7-17-2/h12,15-16H,3-11H2,1-2H3. The third-order valence-electron chi connectivity index (χ3n) is 3.36. The SMILES string of the molecule is COCCOCC(O)CN(C)CC1(O)CCCC1. The second-order valence-electron chi connectivity index (χ2n) is 5.35. The van der Waals surface area contributed by atoms with E-state index in [1.807, 2.05) is 11.9 Å². The normalized spacial score (nSPS) is 20.5. The van der Waals surface area contributed by atoms with E-state index in [2.05, 4.69) is 0 Å². The number of hydrogen-bond donors (Lipinski definition) is 2. The molecular formula is C13H27NO4. The van der Waals surface area contributed by atoms with E-state index in [-0.39, 0.29) is 0 Å². The van der Waals surface area contributed by atoms with Crippen molar-refractivity contribution in [3.05, 3.63) is 0 Å². The molecule has 108 valence electrons. The number of likely N-dealkylation sites (N-methyl/N-ethyl adjacent to an activating group) is 1. The van der Waals surface area contributed by atoms with Crippen LogP contribution in [0.5, 0.6) is 0 Å². The molecule has 2 N–H and O–H groups in total. The summed E-state index contributed by atoms with van der Waals surface area (Å²) in [7, 11) is 3.55. The predicted octanol–water partition coefficient (Wildman–Crippen LogP) is 0.247. The van der Waals surface area contributed by atoms with E-state index < -0.39 is 11.7 Å². The van der Waals surface area contributed by atoms with Crippen LogP contribution in [0.1, 0.15) is 25.7 Å². The molecule has 0 aromatic heterocycles. The van der Waals surface area contributed by atoms with E-state index in [0.717, 1.165) is 25.7 Å². The first-order valence-corrected chi connectivity index (χ1v) is 6.71. The van der Waals surface area contributed by atoms with Crippen LogP contribution in [0.2, 0.25) is 0 Å². The molecule has 1 aliphatic carbocycles. The van der Waals surface area contributed by atoms with Crippen molar-refractivity contribution in [1.82, 2.24) is 4.90 Å². The number of hydrogen-bond acceptors (Lipinski definition) is 5. The minimum absolute atomic E-state index is 0.312. The van der Waals surface area contributed by atoms with Gasteiger partial charge in [-0.05, 0) is 19.9 Å². The second kappa shape index (κ2) is 8.07. The summed E-state index contributed by atoms with van der Waals surface area (Å²) in [5, 5.41) is 20.0. The fourth-order valence-corrected chi connectivity index (χ4v) is 2.53. The highest BCUT2D eigenvalue weighted by Crippen LogP contribution is 2.29. The highest BCUT2D eigenvalue weighted by molar-refractivity contribution is 4.87. The smallest absolute Gasteiger partial charge is 0.0900 e. The van der Waals surface area contributed by atoms with E-state index in [1.54, 1.807) is 7.11 Å². The summed E-state index contributed by atoms with van der Waals surface area (Å²) < 4.78 is 10.1. The predicted molar refractivity (Wildman–Crippen MR) is 69.6 cm³/mol. The van der Waals surface area contributed by atoms with Crippen molar-refractivity contribution >= 4 is 0 Å². The molecule has 1 rings (SSSR count). The van der Waals surface area contributed by atoms with Crippen LogP contribution in [-0.2, 0) is 9.47 Å². The molecule has 18 heavy (non-hydrogen) atoms. The Morgan fingerprint density at radius 3 is 2.56 bits per heavy atom. The van der Waals surface area contributed by atoms with Gasteiger partial charge in [0, 0.05) is 20.2 Å². The molecule has 0 aliphatic heterocycles. The van der Waals surface area contributed by atoms with Crippen LogP contribution in [-0.4, -0.2) is 73.9 Å². The van der Waals surface area contributed by atoms with Crippen molar-refractivity contribution in [3.8, 4) is 0 Å². The lowest BCUT2D eigenvalue weighted by atomic mass is 10.0. The van der Waals surface area contributed by atoms with Crippen molar-refractivity contribution in [2.75, 3.05) is 47.1 Å². The Morgan fingerprint density at radius 2 is 1.94 bits per heavy atom. The number of ether oxygens (including phenoxy) is 2. The van der Waals surface area contributed by atoms with Gasteiger partial charge in [-0.3, -0.25) is 0 Å². The lowest BCUT2D eigenvalue weighted by Gasteiger charge is -2.29. The minimum atomic E-state index is -0.550. The summed E-state index contributed by atoms with van der Waals surface area (Å²) >= 11 is 0. The number of aliphatic hydroxyl groups is 2. The van der Waals surface area contributed by atoms with Gasteiger partial charge in [0.15, 0.2) is 0 Å². The zero-order valence-corrected chi connectivity index (χ0v) is 11.6. The second-order valence-corrected chi connectivity index (χ2v) is 5.35. The van der Waals surface area contributed by atoms with Crippen LogP contribution in [0, 0.1) is 0 Å². The first kappa shape index (κ1) is 15.9. The maximum Gasteiger partial charge on any atom is 0.0900 e. The summed E-state index contributed by atoms with van der Waals surface area (Å²) in [6.45, 7) is 2.51. The van der Waals surface area contributed by atoms with Crippen LogP contribution >= 0.6 is 0 Å². The molecule has 0 heterocycles. The lowest BCUT2D eigenvalue weighted by Crippen LogP contribution is -2.43. The van der Waals surface area contributed by atoms with Gasteiger partial charge in [-0.2, -0.15) is 0 Å². The van der Waals surface area contributed by atoms with Crippen molar-refractivity contribution in [1.29, 1.82) is 0 Å². The number of aliphatic hydroxyl groups excluding tert-OH is 1. The molecule has 5 nitrogen and oxygen atoms in total. The Hall–Kier alpha value is -0.200. The molecule has 0 spiro atoms. The van der Waals surface area contributed by atoms with Gasteiger partial charge >= 0.3 is 0 Å². The summed E-state index contributed by atoms with van der Waals surface area (Å²) in [6.07, 6.45) is 3.44. The van der Waals surface area contributed by atoms with Crippen LogP contribution in [0.25, 0.3) is 0 Å². The van der Waals surface area contributed by atoms with E-state index >= 15 is 0 Å². The Bertz CT molecular complexity index is 219. The highest BCUT2D eigenvalue weighted by Gasteiger charge is 2.32. The fourth-order valence-electron chi connectivity index (χ4n) is 2.53. The summed E-state index contributed by atoms with van der Waals surface area (Å²) in [5.41, 5.74) is -0.550. The summed E-state index contributed by atoms with van der Waals surface area (Å²) in [5.74, 6) is 0. The Morgan fingerprint density at radius 1 is 1.28 bits per heavy atom. The lowest BCUT2D eigenvalue weighted by molar-refractivity contribution is -0.0198. The van der Waals surface area contributed by atoms with Crippen LogP contribution < -0.4 is 0 Å².